The summed E-state index contributed by atoms with van der Waals surface area (Å²) in [5.41, 5.74) is 1.89. The number of ether oxygens (including phenoxy) is 1. The zero-order chi connectivity index (χ0) is 18.4. The van der Waals surface area contributed by atoms with Crippen LogP contribution in [0.3, 0.4) is 0 Å². The summed E-state index contributed by atoms with van der Waals surface area (Å²) in [5, 5.41) is 2.81. The normalized spacial score (nSPS) is 14.9. The molecule has 6 heteroatoms. The van der Waals surface area contributed by atoms with Crippen molar-refractivity contribution in [3.05, 3.63) is 59.9 Å². The van der Waals surface area contributed by atoms with Crippen LogP contribution in [0.2, 0.25) is 0 Å². The van der Waals surface area contributed by atoms with Crippen molar-refractivity contribution >= 4 is 11.7 Å². The fourth-order valence-electron chi connectivity index (χ4n) is 2.99. The van der Waals surface area contributed by atoms with E-state index in [0.29, 0.717) is 18.8 Å². The third-order valence-corrected chi connectivity index (χ3v) is 4.63. The van der Waals surface area contributed by atoms with Crippen LogP contribution < -0.4 is 10.1 Å². The second-order valence-corrected chi connectivity index (χ2v) is 6.36. The average molecular weight is 357 g/mol. The molecule has 0 unspecified atom stereocenters. The number of urea groups is 1. The zero-order valence-electron chi connectivity index (χ0n) is 15.0. The van der Waals surface area contributed by atoms with Crippen molar-refractivity contribution in [2.75, 3.05) is 45.2 Å². The molecule has 0 radical (unpaired) electrons. The molecule has 1 saturated heterocycles. The van der Waals surface area contributed by atoms with Gasteiger partial charge in [0.1, 0.15) is 11.6 Å². The first kappa shape index (κ1) is 18.2. The second kappa shape index (κ2) is 8.67. The fourth-order valence-corrected chi connectivity index (χ4v) is 2.99. The predicted molar refractivity (Wildman–Crippen MR) is 100 cm³/mol. The topological polar surface area (TPSA) is 44.8 Å². The van der Waals surface area contributed by atoms with Gasteiger partial charge in [-0.15, -0.1) is 0 Å². The van der Waals surface area contributed by atoms with Gasteiger partial charge in [-0.05, 0) is 48.4 Å². The molecule has 138 valence electrons. The first-order valence-electron chi connectivity index (χ1n) is 8.81. The van der Waals surface area contributed by atoms with Gasteiger partial charge >= 0.3 is 6.03 Å². The number of amides is 2. The van der Waals surface area contributed by atoms with Gasteiger partial charge in [0.25, 0.3) is 0 Å². The maximum absolute atomic E-state index is 12.9. The first-order chi connectivity index (χ1) is 12.6. The van der Waals surface area contributed by atoms with E-state index in [9.17, 15) is 9.18 Å². The first-order valence-corrected chi connectivity index (χ1v) is 8.81. The quantitative estimate of drug-likeness (QED) is 0.894. The van der Waals surface area contributed by atoms with Crippen LogP contribution in [-0.2, 0) is 6.42 Å². The Hall–Kier alpha value is -2.60. The molecule has 1 aliphatic heterocycles. The van der Waals surface area contributed by atoms with Crippen molar-refractivity contribution in [2.24, 2.45) is 0 Å². The zero-order valence-corrected chi connectivity index (χ0v) is 15.0. The molecule has 26 heavy (non-hydrogen) atoms. The lowest BCUT2D eigenvalue weighted by Crippen LogP contribution is -2.50. The molecule has 3 rings (SSSR count). The van der Waals surface area contributed by atoms with Crippen molar-refractivity contribution in [2.45, 2.75) is 6.42 Å². The number of benzene rings is 2. The number of carbonyl (C=O) groups is 1. The molecule has 1 heterocycles. The van der Waals surface area contributed by atoms with Crippen molar-refractivity contribution in [3.8, 4) is 5.75 Å². The van der Waals surface area contributed by atoms with Gasteiger partial charge < -0.3 is 15.0 Å². The molecule has 2 amide bonds. The van der Waals surface area contributed by atoms with Gasteiger partial charge in [-0.2, -0.15) is 0 Å². The van der Waals surface area contributed by atoms with Gasteiger partial charge in [0.05, 0.1) is 7.11 Å². The van der Waals surface area contributed by atoms with Crippen LogP contribution in [-0.4, -0.2) is 55.7 Å². The van der Waals surface area contributed by atoms with Crippen LogP contribution >= 0.6 is 0 Å². The summed E-state index contributed by atoms with van der Waals surface area (Å²) < 4.78 is 18.1. The highest BCUT2D eigenvalue weighted by molar-refractivity contribution is 5.89. The van der Waals surface area contributed by atoms with E-state index in [0.717, 1.165) is 31.8 Å². The minimum Gasteiger partial charge on any atom is -0.497 e. The van der Waals surface area contributed by atoms with Crippen LogP contribution in [0.5, 0.6) is 5.75 Å². The number of piperazine rings is 1. The van der Waals surface area contributed by atoms with E-state index in [4.69, 9.17) is 4.74 Å². The Bertz CT molecular complexity index is 711. The number of anilines is 1. The molecular weight excluding hydrogens is 333 g/mol. The van der Waals surface area contributed by atoms with Crippen molar-refractivity contribution in [3.63, 3.8) is 0 Å². The number of hydrogen-bond donors (Lipinski definition) is 1. The number of methoxy groups -OCH3 is 1. The minimum absolute atomic E-state index is 0.133. The van der Waals surface area contributed by atoms with E-state index < -0.39 is 0 Å². The summed E-state index contributed by atoms with van der Waals surface area (Å²) in [6, 6.07) is 13.8. The van der Waals surface area contributed by atoms with Crippen LogP contribution in [0, 0.1) is 5.82 Å². The monoisotopic (exact) mass is 357 g/mol. The van der Waals surface area contributed by atoms with Gasteiger partial charge in [-0.25, -0.2) is 9.18 Å². The van der Waals surface area contributed by atoms with Gasteiger partial charge in [0.2, 0.25) is 0 Å². The molecule has 0 bridgehead atoms. The Kier molecular flexibility index (Phi) is 6.07. The van der Waals surface area contributed by atoms with E-state index >= 15 is 0 Å². The highest BCUT2D eigenvalue weighted by Gasteiger charge is 2.20. The van der Waals surface area contributed by atoms with Crippen LogP contribution in [0.25, 0.3) is 0 Å². The van der Waals surface area contributed by atoms with Crippen molar-refractivity contribution in [1.29, 1.82) is 0 Å². The van der Waals surface area contributed by atoms with Gasteiger partial charge in [-0.1, -0.05) is 12.1 Å². The Balaban J connectivity index is 1.41. The molecule has 0 spiro atoms. The van der Waals surface area contributed by atoms with E-state index in [1.165, 1.54) is 17.7 Å². The Morgan fingerprint density at radius 1 is 1.04 bits per heavy atom. The lowest BCUT2D eigenvalue weighted by Gasteiger charge is -2.34. The van der Waals surface area contributed by atoms with Gasteiger partial charge in [-0.3, -0.25) is 4.90 Å². The third kappa shape index (κ3) is 4.95. The van der Waals surface area contributed by atoms with Crippen LogP contribution in [0.1, 0.15) is 5.56 Å². The number of rotatable bonds is 5. The Morgan fingerprint density at radius 3 is 2.31 bits per heavy atom. The largest absolute Gasteiger partial charge is 0.497 e. The van der Waals surface area contributed by atoms with E-state index in [1.807, 2.05) is 12.1 Å². The molecule has 0 saturated carbocycles. The average Bonchev–Trinajstić information content (AvgIpc) is 2.69. The SMILES string of the molecule is COc1ccc(CCN2CCN(C(=O)Nc3ccc(F)cc3)CC2)cc1. The molecular formula is C20H24FN3O2. The van der Waals surface area contributed by atoms with E-state index in [2.05, 4.69) is 22.3 Å². The molecule has 1 fully saturated rings. The summed E-state index contributed by atoms with van der Waals surface area (Å²) in [7, 11) is 1.67. The molecule has 2 aromatic rings. The Labute approximate surface area is 153 Å². The maximum Gasteiger partial charge on any atom is 0.321 e. The second-order valence-electron chi connectivity index (χ2n) is 6.36. The van der Waals surface area contributed by atoms with Crippen molar-refractivity contribution < 1.29 is 13.9 Å². The molecule has 1 aliphatic rings. The smallest absolute Gasteiger partial charge is 0.321 e. The number of nitrogens with one attached hydrogen (secondary N) is 1. The molecule has 0 aromatic heterocycles. The van der Waals surface area contributed by atoms with Crippen molar-refractivity contribution in [1.82, 2.24) is 9.80 Å². The summed E-state index contributed by atoms with van der Waals surface area (Å²) in [6.45, 7) is 4.06. The number of halogens is 1. The third-order valence-electron chi connectivity index (χ3n) is 4.63. The van der Waals surface area contributed by atoms with Gasteiger partial charge in [0.15, 0.2) is 0 Å². The Morgan fingerprint density at radius 2 is 1.69 bits per heavy atom. The highest BCUT2D eigenvalue weighted by atomic mass is 19.1. The standard InChI is InChI=1S/C20H24FN3O2/c1-26-19-8-2-16(3-9-19)10-11-23-12-14-24(15-13-23)20(25)22-18-6-4-17(21)5-7-18/h2-9H,10-15H2,1H3,(H,22,25). The molecule has 2 aromatic carbocycles. The fraction of sp³-hybridized carbons (Fsp3) is 0.350. The summed E-state index contributed by atoms with van der Waals surface area (Å²) in [4.78, 5) is 16.5. The number of hydrogen-bond acceptors (Lipinski definition) is 3. The molecule has 5 nitrogen and oxygen atoms in total. The summed E-state index contributed by atoms with van der Waals surface area (Å²) in [5.74, 6) is 0.558. The van der Waals surface area contributed by atoms with Crippen LogP contribution in [0.4, 0.5) is 14.9 Å². The van der Waals surface area contributed by atoms with E-state index in [1.54, 1.807) is 24.1 Å². The number of nitrogens with zero attached hydrogens (tertiary/aromatic N) is 2. The van der Waals surface area contributed by atoms with Gasteiger partial charge in [0, 0.05) is 38.4 Å². The lowest BCUT2D eigenvalue weighted by molar-refractivity contribution is 0.148. The number of carbonyl (C=O) groups excluding carboxylic acids is 1. The van der Waals surface area contributed by atoms with E-state index in [-0.39, 0.29) is 11.8 Å². The molecule has 0 aliphatic carbocycles. The summed E-state index contributed by atoms with van der Waals surface area (Å²) in [6.07, 6.45) is 0.978. The van der Waals surface area contributed by atoms with Crippen LogP contribution in [0.15, 0.2) is 48.5 Å². The maximum atomic E-state index is 12.9. The minimum atomic E-state index is -0.312. The predicted octanol–water partition coefficient (Wildman–Crippen LogP) is 3.23. The molecule has 1 N–H and O–H groups in total. The summed E-state index contributed by atoms with van der Waals surface area (Å²) >= 11 is 0. The highest BCUT2D eigenvalue weighted by Crippen LogP contribution is 2.13. The molecule has 0 atom stereocenters. The lowest BCUT2D eigenvalue weighted by atomic mass is 10.1.